The molecule has 9 heteroatoms. The van der Waals surface area contributed by atoms with Gasteiger partial charge < -0.3 is 15.0 Å². The van der Waals surface area contributed by atoms with Crippen LogP contribution in [0.4, 0.5) is 18.9 Å². The molecule has 0 saturated heterocycles. The quantitative estimate of drug-likeness (QED) is 0.369. The smallest absolute Gasteiger partial charge is 0.416 e. The number of carbonyl (C=O) groups excluding carboxylic acids is 2. The molecule has 0 fully saturated rings. The molecule has 0 radical (unpaired) electrons. The van der Waals surface area contributed by atoms with Crippen LogP contribution in [-0.4, -0.2) is 30.4 Å². The zero-order valence-corrected chi connectivity index (χ0v) is 19.8. The Morgan fingerprint density at radius 3 is 2.59 bits per heavy atom. The maximum Gasteiger partial charge on any atom is 0.416 e. The fourth-order valence-electron chi connectivity index (χ4n) is 4.48. The van der Waals surface area contributed by atoms with Crippen LogP contribution in [-0.2, 0) is 12.6 Å². The first-order chi connectivity index (χ1) is 17.7. The second kappa shape index (κ2) is 9.57. The summed E-state index contributed by atoms with van der Waals surface area (Å²) >= 11 is 0. The average molecular weight is 505 g/mol. The van der Waals surface area contributed by atoms with Crippen molar-refractivity contribution in [1.29, 1.82) is 0 Å². The number of benzene rings is 3. The van der Waals surface area contributed by atoms with Crippen molar-refractivity contribution in [3.05, 3.63) is 95.3 Å². The van der Waals surface area contributed by atoms with Crippen molar-refractivity contribution >= 4 is 28.3 Å². The van der Waals surface area contributed by atoms with Gasteiger partial charge in [0.15, 0.2) is 0 Å². The Morgan fingerprint density at radius 2 is 1.81 bits per heavy atom. The van der Waals surface area contributed by atoms with E-state index in [1.165, 1.54) is 30.3 Å². The van der Waals surface area contributed by atoms with Crippen LogP contribution in [0, 0.1) is 0 Å². The van der Waals surface area contributed by atoms with Gasteiger partial charge in [-0.25, -0.2) is 0 Å². The number of hydrogen-bond acceptors (Lipinski definition) is 4. The number of nitrogens with zero attached hydrogens (tertiary/aromatic N) is 2. The molecule has 1 aliphatic rings. The van der Waals surface area contributed by atoms with Gasteiger partial charge in [0.05, 0.1) is 5.56 Å². The minimum absolute atomic E-state index is 0.212. The third kappa shape index (κ3) is 4.84. The average Bonchev–Trinajstić information content (AvgIpc) is 2.90. The lowest BCUT2D eigenvalue weighted by atomic mass is 9.97. The van der Waals surface area contributed by atoms with Gasteiger partial charge in [-0.1, -0.05) is 18.2 Å². The number of hydrogen-bond donors (Lipinski definition) is 1. The Morgan fingerprint density at radius 1 is 1.00 bits per heavy atom. The number of aryl methyl sites for hydroxylation is 1. The summed E-state index contributed by atoms with van der Waals surface area (Å²) in [6, 6.07) is 17.2. The van der Waals surface area contributed by atoms with Crippen LogP contribution in [0.15, 0.2) is 72.9 Å². The summed E-state index contributed by atoms with van der Waals surface area (Å²) in [5.41, 5.74) is 0.843. The van der Waals surface area contributed by atoms with Crippen molar-refractivity contribution in [3.8, 4) is 11.5 Å². The van der Waals surface area contributed by atoms with Crippen molar-refractivity contribution in [2.24, 2.45) is 0 Å². The van der Waals surface area contributed by atoms with Gasteiger partial charge in [-0.15, -0.1) is 0 Å². The summed E-state index contributed by atoms with van der Waals surface area (Å²) in [5.74, 6) is 0.215. The number of nitrogens with one attached hydrogen (secondary N) is 1. The molecule has 0 spiro atoms. The number of alkyl halides is 3. The van der Waals surface area contributed by atoms with Crippen molar-refractivity contribution < 1.29 is 27.5 Å². The highest BCUT2D eigenvalue weighted by Gasteiger charge is 2.33. The highest BCUT2D eigenvalue weighted by molar-refractivity contribution is 6.14. The SMILES string of the molecule is CNC(=O)c1cc(Oc2ccc3c(C(=O)N4CCCc5ccc(C(F)(F)F)cc54)cccc3c2)ccn1. The number of ether oxygens (including phenoxy) is 1. The van der Waals surface area contributed by atoms with Crippen LogP contribution in [0.2, 0.25) is 0 Å². The van der Waals surface area contributed by atoms with E-state index in [-0.39, 0.29) is 17.5 Å². The van der Waals surface area contributed by atoms with Gasteiger partial charge in [0.2, 0.25) is 0 Å². The molecular formula is C28H22F3N3O3. The lowest BCUT2D eigenvalue weighted by molar-refractivity contribution is -0.137. The Hall–Kier alpha value is -4.40. The number of halogens is 3. The van der Waals surface area contributed by atoms with Gasteiger partial charge in [-0.3, -0.25) is 14.6 Å². The molecular weight excluding hydrogens is 483 g/mol. The zero-order chi connectivity index (χ0) is 26.2. The second-order valence-electron chi connectivity index (χ2n) is 8.65. The Kier molecular flexibility index (Phi) is 6.29. The van der Waals surface area contributed by atoms with Gasteiger partial charge in [-0.2, -0.15) is 13.2 Å². The lowest BCUT2D eigenvalue weighted by Gasteiger charge is -2.30. The Bertz CT molecular complexity index is 1520. The topological polar surface area (TPSA) is 71.5 Å². The molecule has 5 rings (SSSR count). The third-order valence-electron chi connectivity index (χ3n) is 6.29. The van der Waals surface area contributed by atoms with Crippen LogP contribution >= 0.6 is 0 Å². The van der Waals surface area contributed by atoms with Gasteiger partial charge >= 0.3 is 6.18 Å². The summed E-state index contributed by atoms with van der Waals surface area (Å²) in [5, 5.41) is 3.89. The van der Waals surface area contributed by atoms with Crippen LogP contribution in [0.1, 0.15) is 38.4 Å². The molecule has 4 aromatic rings. The fraction of sp³-hybridized carbons (Fsp3) is 0.179. The summed E-state index contributed by atoms with van der Waals surface area (Å²) in [6.07, 6.45) is -1.74. The number of anilines is 1. The number of fused-ring (bicyclic) bond motifs is 2. The predicted molar refractivity (Wildman–Crippen MR) is 133 cm³/mol. The molecule has 1 aliphatic heterocycles. The fourth-order valence-corrected chi connectivity index (χ4v) is 4.48. The van der Waals surface area contributed by atoms with E-state index in [9.17, 15) is 22.8 Å². The van der Waals surface area contributed by atoms with E-state index in [0.717, 1.165) is 23.1 Å². The van der Waals surface area contributed by atoms with E-state index in [4.69, 9.17) is 4.74 Å². The molecule has 0 bridgehead atoms. The molecule has 37 heavy (non-hydrogen) atoms. The maximum absolute atomic E-state index is 13.6. The molecule has 0 atom stereocenters. The molecule has 1 aromatic heterocycles. The third-order valence-corrected chi connectivity index (χ3v) is 6.29. The van der Waals surface area contributed by atoms with Crippen LogP contribution in [0.5, 0.6) is 11.5 Å². The highest BCUT2D eigenvalue weighted by Crippen LogP contribution is 2.37. The monoisotopic (exact) mass is 505 g/mol. The first-order valence-corrected chi connectivity index (χ1v) is 11.7. The summed E-state index contributed by atoms with van der Waals surface area (Å²) in [7, 11) is 1.51. The number of amides is 2. The zero-order valence-electron chi connectivity index (χ0n) is 19.8. The van der Waals surface area contributed by atoms with Crippen molar-refractivity contribution in [2.45, 2.75) is 19.0 Å². The molecule has 2 heterocycles. The molecule has 0 aliphatic carbocycles. The molecule has 3 aromatic carbocycles. The maximum atomic E-state index is 13.6. The first kappa shape index (κ1) is 24.3. The van der Waals surface area contributed by atoms with Gasteiger partial charge in [0.25, 0.3) is 11.8 Å². The van der Waals surface area contributed by atoms with Crippen molar-refractivity contribution in [2.75, 3.05) is 18.5 Å². The second-order valence-corrected chi connectivity index (χ2v) is 8.65. The normalized spacial score (nSPS) is 13.2. The predicted octanol–water partition coefficient (Wildman–Crippen LogP) is 6.00. The number of carbonyl (C=O) groups is 2. The van der Waals surface area contributed by atoms with Gasteiger partial charge in [0, 0.05) is 37.1 Å². The molecule has 6 nitrogen and oxygen atoms in total. The molecule has 0 saturated carbocycles. The Balaban J connectivity index is 1.46. The molecule has 2 amide bonds. The summed E-state index contributed by atoms with van der Waals surface area (Å²) in [4.78, 5) is 30.9. The van der Waals surface area contributed by atoms with E-state index in [0.29, 0.717) is 47.5 Å². The summed E-state index contributed by atoms with van der Waals surface area (Å²) < 4.78 is 46.0. The van der Waals surface area contributed by atoms with Crippen LogP contribution < -0.4 is 15.0 Å². The van der Waals surface area contributed by atoms with Gasteiger partial charge in [-0.05, 0) is 71.6 Å². The first-order valence-electron chi connectivity index (χ1n) is 11.7. The minimum atomic E-state index is -4.49. The lowest BCUT2D eigenvalue weighted by Crippen LogP contribution is -2.35. The minimum Gasteiger partial charge on any atom is -0.457 e. The molecule has 1 N–H and O–H groups in total. The standard InChI is InChI=1S/C28H22F3N3O3/c1-32-26(35)24-16-21(11-12-33-24)37-20-9-10-22-18(14-20)4-2-6-23(22)27(36)34-13-3-5-17-7-8-19(15-25(17)34)28(29,30)31/h2,4,6-12,14-16H,3,5,13H2,1H3,(H,32,35). The van der Waals surface area contributed by atoms with Crippen molar-refractivity contribution in [1.82, 2.24) is 10.3 Å². The Labute approximate surface area is 210 Å². The number of aromatic nitrogens is 1. The molecule has 0 unspecified atom stereocenters. The van der Waals surface area contributed by atoms with E-state index in [2.05, 4.69) is 10.3 Å². The van der Waals surface area contributed by atoms with E-state index in [1.54, 1.807) is 36.4 Å². The largest absolute Gasteiger partial charge is 0.457 e. The van der Waals surface area contributed by atoms with E-state index >= 15 is 0 Å². The summed E-state index contributed by atoms with van der Waals surface area (Å²) in [6.45, 7) is 0.334. The van der Waals surface area contributed by atoms with Crippen LogP contribution in [0.25, 0.3) is 10.8 Å². The molecule has 188 valence electrons. The van der Waals surface area contributed by atoms with Gasteiger partial charge in [0.1, 0.15) is 17.2 Å². The number of rotatable bonds is 4. The van der Waals surface area contributed by atoms with Crippen LogP contribution in [0.3, 0.4) is 0 Å². The van der Waals surface area contributed by atoms with Crippen molar-refractivity contribution in [3.63, 3.8) is 0 Å². The number of pyridine rings is 1. The van der Waals surface area contributed by atoms with E-state index in [1.807, 2.05) is 6.07 Å². The highest BCUT2D eigenvalue weighted by atomic mass is 19.4. The van der Waals surface area contributed by atoms with E-state index < -0.39 is 11.7 Å².